The number of phenolic OH excluding ortho intramolecular Hbond substituents is 1. The molecule has 2 unspecified atom stereocenters. The van der Waals surface area contributed by atoms with Crippen LogP contribution in [-0.4, -0.2) is 22.9 Å². The molecule has 1 N–H and O–H groups in total. The molecule has 1 aliphatic rings. The van der Waals surface area contributed by atoms with E-state index < -0.39 is 0 Å². The summed E-state index contributed by atoms with van der Waals surface area (Å²) in [6, 6.07) is 5.55. The lowest BCUT2D eigenvalue weighted by Gasteiger charge is -2.27. The van der Waals surface area contributed by atoms with E-state index in [4.69, 9.17) is 0 Å². The predicted molar refractivity (Wildman–Crippen MR) is 89.1 cm³/mol. The molecule has 1 aromatic heterocycles. The number of aromatic nitrogens is 1. The fourth-order valence-electron chi connectivity index (χ4n) is 3.52. The minimum atomic E-state index is 0.262. The molecule has 2 aromatic rings. The first-order valence-electron chi connectivity index (χ1n) is 7.16. The van der Waals surface area contributed by atoms with Crippen molar-refractivity contribution in [1.29, 1.82) is 0 Å². The summed E-state index contributed by atoms with van der Waals surface area (Å²) in [4.78, 5) is 4.17. The van der Waals surface area contributed by atoms with Crippen LogP contribution in [0.4, 0.5) is 0 Å². The van der Waals surface area contributed by atoms with Gasteiger partial charge in [0.2, 0.25) is 0 Å². The van der Waals surface area contributed by atoms with Gasteiger partial charge in [0.05, 0.1) is 0 Å². The summed E-state index contributed by atoms with van der Waals surface area (Å²) in [5.41, 5.74) is 4.78. The summed E-state index contributed by atoms with van der Waals surface area (Å²) in [5, 5.41) is 10.9. The lowest BCUT2D eigenvalue weighted by Crippen LogP contribution is -2.18. The van der Waals surface area contributed by atoms with Crippen LogP contribution in [0.5, 0.6) is 5.75 Å². The molecule has 0 fully saturated rings. The van der Waals surface area contributed by atoms with Gasteiger partial charge in [0.25, 0.3) is 0 Å². The molecule has 0 amide bonds. The van der Waals surface area contributed by atoms with Crippen LogP contribution in [0.15, 0.2) is 41.4 Å². The third kappa shape index (κ3) is 1.92. The number of hydrogen-bond donors (Lipinski definition) is 1. The van der Waals surface area contributed by atoms with Crippen molar-refractivity contribution in [2.75, 3.05) is 7.05 Å². The van der Waals surface area contributed by atoms with E-state index in [0.717, 1.165) is 10.9 Å². The molecule has 108 valence electrons. The van der Waals surface area contributed by atoms with Gasteiger partial charge in [-0.3, -0.25) is 4.99 Å². The van der Waals surface area contributed by atoms with Crippen molar-refractivity contribution in [3.05, 3.63) is 47.7 Å². The molecule has 0 radical (unpaired) electrons. The quantitative estimate of drug-likeness (QED) is 0.657. The Morgan fingerprint density at radius 3 is 2.81 bits per heavy atom. The Kier molecular flexibility index (Phi) is 3.20. The Balaban J connectivity index is 2.37. The number of hydrogen-bond acceptors (Lipinski definition) is 2. The molecule has 1 heterocycles. The van der Waals surface area contributed by atoms with Gasteiger partial charge in [-0.15, -0.1) is 6.58 Å². The second-order valence-electron chi connectivity index (χ2n) is 5.64. The van der Waals surface area contributed by atoms with Crippen LogP contribution in [0, 0.1) is 5.92 Å². The van der Waals surface area contributed by atoms with Gasteiger partial charge in [-0.05, 0) is 29.8 Å². The molecule has 0 saturated heterocycles. The highest BCUT2D eigenvalue weighted by molar-refractivity contribution is 5.98. The van der Waals surface area contributed by atoms with Gasteiger partial charge in [0, 0.05) is 54.3 Å². The molecule has 0 spiro atoms. The summed E-state index contributed by atoms with van der Waals surface area (Å²) >= 11 is 0. The molecule has 1 aliphatic carbocycles. The molecule has 21 heavy (non-hydrogen) atoms. The highest BCUT2D eigenvalue weighted by atomic mass is 16.3. The van der Waals surface area contributed by atoms with Crippen molar-refractivity contribution < 1.29 is 5.11 Å². The standard InChI is InChI=1S/C18H20N2O/c1-5-14-11(2)18-16(8-12(14)10-19-3)15-9-13(21)6-7-17(15)20(18)4/h5-11,14,21H,1H2,2-4H3. The number of nitrogens with zero attached hydrogens (tertiary/aromatic N) is 2. The number of aryl methyl sites for hydroxylation is 1. The van der Waals surface area contributed by atoms with Crippen LogP contribution in [0.25, 0.3) is 17.0 Å². The monoisotopic (exact) mass is 280 g/mol. The van der Waals surface area contributed by atoms with E-state index in [1.165, 1.54) is 16.8 Å². The van der Waals surface area contributed by atoms with Gasteiger partial charge in [-0.25, -0.2) is 0 Å². The summed E-state index contributed by atoms with van der Waals surface area (Å²) in [6.45, 7) is 6.21. The van der Waals surface area contributed by atoms with Gasteiger partial charge in [-0.2, -0.15) is 0 Å². The first-order chi connectivity index (χ1) is 10.1. The molecule has 3 heteroatoms. The number of benzene rings is 1. The largest absolute Gasteiger partial charge is 0.508 e. The second-order valence-corrected chi connectivity index (χ2v) is 5.64. The summed E-state index contributed by atoms with van der Waals surface area (Å²) < 4.78 is 2.22. The van der Waals surface area contributed by atoms with E-state index in [2.05, 4.69) is 36.2 Å². The molecule has 0 aliphatic heterocycles. The zero-order valence-electron chi connectivity index (χ0n) is 12.7. The van der Waals surface area contributed by atoms with Crippen molar-refractivity contribution in [2.24, 2.45) is 18.0 Å². The lowest BCUT2D eigenvalue weighted by atomic mass is 9.78. The van der Waals surface area contributed by atoms with Crippen molar-refractivity contribution in [3.63, 3.8) is 0 Å². The Hall–Kier alpha value is -2.29. The van der Waals surface area contributed by atoms with Gasteiger partial charge in [0.1, 0.15) is 5.75 Å². The Bertz CT molecular complexity index is 780. The number of aromatic hydroxyl groups is 1. The third-order valence-corrected chi connectivity index (χ3v) is 4.47. The maximum atomic E-state index is 9.80. The van der Waals surface area contributed by atoms with Crippen molar-refractivity contribution in [3.8, 4) is 5.75 Å². The smallest absolute Gasteiger partial charge is 0.116 e. The highest BCUT2D eigenvalue weighted by Crippen LogP contribution is 2.43. The minimum absolute atomic E-state index is 0.262. The van der Waals surface area contributed by atoms with E-state index in [0.29, 0.717) is 11.7 Å². The van der Waals surface area contributed by atoms with E-state index >= 15 is 0 Å². The maximum absolute atomic E-state index is 9.80. The number of rotatable bonds is 2. The summed E-state index contributed by atoms with van der Waals surface area (Å²) in [5.74, 6) is 0.890. The van der Waals surface area contributed by atoms with Gasteiger partial charge in [-0.1, -0.05) is 13.0 Å². The normalized spacial score (nSPS) is 21.6. The molecule has 1 aromatic carbocycles. The van der Waals surface area contributed by atoms with Crippen LogP contribution in [-0.2, 0) is 7.05 Å². The van der Waals surface area contributed by atoms with Gasteiger partial charge >= 0.3 is 0 Å². The molecular weight excluding hydrogens is 260 g/mol. The zero-order chi connectivity index (χ0) is 15.1. The molecule has 0 bridgehead atoms. The molecule has 2 atom stereocenters. The van der Waals surface area contributed by atoms with E-state index in [9.17, 15) is 5.11 Å². The summed E-state index contributed by atoms with van der Waals surface area (Å²) in [7, 11) is 3.87. The number of fused-ring (bicyclic) bond motifs is 3. The third-order valence-electron chi connectivity index (χ3n) is 4.47. The first-order valence-corrected chi connectivity index (χ1v) is 7.16. The van der Waals surface area contributed by atoms with Crippen molar-refractivity contribution in [2.45, 2.75) is 12.8 Å². The fourth-order valence-corrected chi connectivity index (χ4v) is 3.52. The summed E-state index contributed by atoms with van der Waals surface area (Å²) in [6.07, 6.45) is 6.08. The molecule has 3 rings (SSSR count). The number of aliphatic imine (C=N–C) groups is 1. The van der Waals surface area contributed by atoms with Crippen molar-refractivity contribution in [1.82, 2.24) is 4.57 Å². The second kappa shape index (κ2) is 4.92. The van der Waals surface area contributed by atoms with E-state index in [1.54, 1.807) is 13.1 Å². The topological polar surface area (TPSA) is 37.5 Å². The SMILES string of the molecule is C=CC1C(C=NC)=Cc2c(n(C)c3ccc(O)cc23)C1C. The van der Waals surface area contributed by atoms with Crippen LogP contribution in [0.1, 0.15) is 24.1 Å². The molecule has 0 saturated carbocycles. The van der Waals surface area contributed by atoms with E-state index in [-0.39, 0.29) is 5.92 Å². The predicted octanol–water partition coefficient (Wildman–Crippen LogP) is 3.89. The number of phenols is 1. The maximum Gasteiger partial charge on any atom is 0.116 e. The Morgan fingerprint density at radius 1 is 1.38 bits per heavy atom. The lowest BCUT2D eigenvalue weighted by molar-refractivity contribution is 0.476. The first kappa shape index (κ1) is 13.7. The Labute approximate surface area is 124 Å². The minimum Gasteiger partial charge on any atom is -0.508 e. The van der Waals surface area contributed by atoms with Gasteiger partial charge in [0.15, 0.2) is 0 Å². The average molecular weight is 280 g/mol. The molecule has 3 nitrogen and oxygen atoms in total. The zero-order valence-corrected chi connectivity index (χ0v) is 12.7. The van der Waals surface area contributed by atoms with Gasteiger partial charge < -0.3 is 9.67 Å². The van der Waals surface area contributed by atoms with Crippen LogP contribution < -0.4 is 0 Å². The van der Waals surface area contributed by atoms with Crippen molar-refractivity contribution >= 4 is 23.2 Å². The van der Waals surface area contributed by atoms with Crippen LogP contribution >= 0.6 is 0 Å². The fraction of sp³-hybridized carbons (Fsp3) is 0.278. The van der Waals surface area contributed by atoms with E-state index in [1.807, 2.05) is 24.4 Å². The average Bonchev–Trinajstić information content (AvgIpc) is 2.72. The highest BCUT2D eigenvalue weighted by Gasteiger charge is 2.30. The molecular formula is C18H20N2O. The van der Waals surface area contributed by atoms with Crippen LogP contribution in [0.3, 0.4) is 0 Å². The number of allylic oxidation sites excluding steroid dienone is 2. The van der Waals surface area contributed by atoms with Crippen LogP contribution in [0.2, 0.25) is 0 Å². The Morgan fingerprint density at radius 2 is 2.14 bits per heavy atom.